The molecule has 0 aliphatic heterocycles. The summed E-state index contributed by atoms with van der Waals surface area (Å²) in [6.07, 6.45) is -0.00694. The number of nitrogens with one attached hydrogen (secondary N) is 2. The number of carbonyl (C=O) groups is 3. The number of ether oxygens (including phenoxy) is 1. The van der Waals surface area contributed by atoms with Gasteiger partial charge in [-0.1, -0.05) is 66.2 Å². The number of benzene rings is 3. The second kappa shape index (κ2) is 11.4. The molecule has 0 saturated carbocycles. The maximum atomic E-state index is 13.8. The fourth-order valence-corrected chi connectivity index (χ4v) is 4.71. The minimum atomic E-state index is -0.717. The average Bonchev–Trinajstić information content (AvgIpc) is 3.22. The standard InChI is InChI=1S/C30H30ClFN2O4/c1-30(2,3)38-29(37)33-17-18-8-11-20(12-9-18)23-16-21-6-4-5-7-22(21)27(23)34-28(36)26(35)15-19-10-13-24(31)25(32)14-19/h4-14,23,27H,15-17H2,1-3H3,(H,33,37)(H,34,36)/t23-,27+/m1/s1. The molecule has 6 nitrogen and oxygen atoms in total. The van der Waals surface area contributed by atoms with E-state index in [1.807, 2.05) is 48.5 Å². The Morgan fingerprint density at radius 1 is 1.00 bits per heavy atom. The number of halogens is 2. The molecule has 8 heteroatoms. The highest BCUT2D eigenvalue weighted by molar-refractivity contribution is 6.36. The van der Waals surface area contributed by atoms with E-state index >= 15 is 0 Å². The van der Waals surface area contributed by atoms with Crippen LogP contribution in [0.2, 0.25) is 5.02 Å². The van der Waals surface area contributed by atoms with Crippen LogP contribution in [0.3, 0.4) is 0 Å². The van der Waals surface area contributed by atoms with Crippen LogP contribution in [0.15, 0.2) is 66.7 Å². The summed E-state index contributed by atoms with van der Waals surface area (Å²) in [5, 5.41) is 5.63. The number of rotatable bonds is 7. The van der Waals surface area contributed by atoms with Gasteiger partial charge in [-0.05, 0) is 67.1 Å². The molecule has 0 bridgehead atoms. The molecule has 0 fully saturated rings. The number of ketones is 1. The molecule has 2 N–H and O–H groups in total. The summed E-state index contributed by atoms with van der Waals surface area (Å²) in [4.78, 5) is 37.6. The Hall–Kier alpha value is -3.71. The molecule has 4 rings (SSSR count). The van der Waals surface area contributed by atoms with E-state index in [9.17, 15) is 18.8 Å². The molecule has 0 aromatic heterocycles. The minimum Gasteiger partial charge on any atom is -0.444 e. The Balaban J connectivity index is 1.45. The number of Topliss-reactive ketones (excluding diaryl/α,β-unsaturated/α-hetero) is 1. The van der Waals surface area contributed by atoms with Crippen LogP contribution in [0.25, 0.3) is 0 Å². The quantitative estimate of drug-likeness (QED) is 0.373. The Morgan fingerprint density at radius 2 is 1.68 bits per heavy atom. The highest BCUT2D eigenvalue weighted by atomic mass is 35.5. The highest BCUT2D eigenvalue weighted by Crippen LogP contribution is 2.42. The first-order valence-corrected chi connectivity index (χ1v) is 12.8. The Kier molecular flexibility index (Phi) is 8.17. The van der Waals surface area contributed by atoms with Crippen molar-refractivity contribution >= 4 is 29.4 Å². The van der Waals surface area contributed by atoms with Crippen molar-refractivity contribution in [2.75, 3.05) is 0 Å². The lowest BCUT2D eigenvalue weighted by atomic mass is 9.91. The normalized spacial score (nSPS) is 16.4. The third kappa shape index (κ3) is 6.78. The Labute approximate surface area is 226 Å². The van der Waals surface area contributed by atoms with Gasteiger partial charge in [-0.2, -0.15) is 0 Å². The van der Waals surface area contributed by atoms with Gasteiger partial charge in [-0.15, -0.1) is 0 Å². The molecule has 1 aliphatic rings. The molecule has 0 radical (unpaired) electrons. The maximum Gasteiger partial charge on any atom is 0.407 e. The van der Waals surface area contributed by atoms with Crippen molar-refractivity contribution in [1.29, 1.82) is 0 Å². The lowest BCUT2D eigenvalue weighted by Crippen LogP contribution is -2.36. The van der Waals surface area contributed by atoms with Gasteiger partial charge in [0.05, 0.1) is 11.1 Å². The second-order valence-electron chi connectivity index (χ2n) is 10.4. The van der Waals surface area contributed by atoms with Gasteiger partial charge >= 0.3 is 6.09 Å². The van der Waals surface area contributed by atoms with Crippen LogP contribution >= 0.6 is 11.6 Å². The van der Waals surface area contributed by atoms with E-state index in [0.717, 1.165) is 22.3 Å². The van der Waals surface area contributed by atoms with Gasteiger partial charge in [-0.25, -0.2) is 9.18 Å². The number of alkyl carbamates (subject to hydrolysis) is 1. The SMILES string of the molecule is CC(C)(C)OC(=O)NCc1ccc([C@H]2Cc3ccccc3[C@@H]2NC(=O)C(=O)Cc2ccc(Cl)c(F)c2)cc1. The number of amides is 2. The molecule has 0 spiro atoms. The zero-order valence-electron chi connectivity index (χ0n) is 21.5. The monoisotopic (exact) mass is 536 g/mol. The number of carbonyl (C=O) groups excluding carboxylic acids is 3. The van der Waals surface area contributed by atoms with Crippen LogP contribution in [0.4, 0.5) is 9.18 Å². The van der Waals surface area contributed by atoms with Crippen LogP contribution in [-0.4, -0.2) is 23.4 Å². The first-order chi connectivity index (χ1) is 18.0. The van der Waals surface area contributed by atoms with Crippen LogP contribution in [0.1, 0.15) is 60.5 Å². The summed E-state index contributed by atoms with van der Waals surface area (Å²) in [5.74, 6) is -2.08. The van der Waals surface area contributed by atoms with Crippen LogP contribution in [0, 0.1) is 5.82 Å². The molecular formula is C30H30ClFN2O4. The summed E-state index contributed by atoms with van der Waals surface area (Å²) in [6, 6.07) is 19.3. The van der Waals surface area contributed by atoms with Gasteiger partial charge in [0.25, 0.3) is 5.91 Å². The fraction of sp³-hybridized carbons (Fsp3) is 0.300. The zero-order chi connectivity index (χ0) is 27.4. The molecule has 198 valence electrons. The first kappa shape index (κ1) is 27.3. The molecular weight excluding hydrogens is 507 g/mol. The largest absolute Gasteiger partial charge is 0.444 e. The average molecular weight is 537 g/mol. The number of fused-ring (bicyclic) bond motifs is 1. The lowest BCUT2D eigenvalue weighted by molar-refractivity contribution is -0.138. The maximum absolute atomic E-state index is 13.8. The zero-order valence-corrected chi connectivity index (χ0v) is 22.3. The summed E-state index contributed by atoms with van der Waals surface area (Å²) >= 11 is 5.72. The number of hydrogen-bond donors (Lipinski definition) is 2. The third-order valence-corrected chi connectivity index (χ3v) is 6.67. The Morgan fingerprint density at radius 3 is 2.37 bits per heavy atom. The second-order valence-corrected chi connectivity index (χ2v) is 10.8. The minimum absolute atomic E-state index is 0.0392. The summed E-state index contributed by atoms with van der Waals surface area (Å²) < 4.78 is 19.1. The van der Waals surface area contributed by atoms with E-state index in [1.165, 1.54) is 18.2 Å². The molecule has 1 aliphatic carbocycles. The molecule has 2 amide bonds. The van der Waals surface area contributed by atoms with Crippen molar-refractivity contribution in [3.05, 3.63) is 105 Å². The summed E-state index contributed by atoms with van der Waals surface area (Å²) in [5.41, 5.74) is 3.78. The van der Waals surface area contributed by atoms with Gasteiger partial charge in [0.2, 0.25) is 5.78 Å². The summed E-state index contributed by atoms with van der Waals surface area (Å²) in [7, 11) is 0. The summed E-state index contributed by atoms with van der Waals surface area (Å²) in [6.45, 7) is 5.74. The van der Waals surface area contributed by atoms with Crippen LogP contribution in [0.5, 0.6) is 0 Å². The molecule has 3 aromatic carbocycles. The van der Waals surface area contributed by atoms with Gasteiger partial charge in [0.1, 0.15) is 11.4 Å². The van der Waals surface area contributed by atoms with E-state index < -0.39 is 35.2 Å². The molecule has 38 heavy (non-hydrogen) atoms. The van der Waals surface area contributed by atoms with Crippen molar-refractivity contribution in [2.24, 2.45) is 0 Å². The lowest BCUT2D eigenvalue weighted by Gasteiger charge is -2.23. The van der Waals surface area contributed by atoms with Gasteiger partial charge < -0.3 is 15.4 Å². The fourth-order valence-electron chi connectivity index (χ4n) is 4.59. The topological polar surface area (TPSA) is 84.5 Å². The molecule has 0 saturated heterocycles. The Bertz CT molecular complexity index is 1350. The molecule has 3 aromatic rings. The predicted octanol–water partition coefficient (Wildman–Crippen LogP) is 5.81. The number of hydrogen-bond acceptors (Lipinski definition) is 4. The van der Waals surface area contributed by atoms with Crippen molar-refractivity contribution < 1.29 is 23.5 Å². The van der Waals surface area contributed by atoms with Crippen molar-refractivity contribution in [1.82, 2.24) is 10.6 Å². The molecule has 2 atom stereocenters. The van der Waals surface area contributed by atoms with Crippen molar-refractivity contribution in [3.63, 3.8) is 0 Å². The van der Waals surface area contributed by atoms with Crippen molar-refractivity contribution in [3.8, 4) is 0 Å². The van der Waals surface area contributed by atoms with Gasteiger partial charge in [-0.3, -0.25) is 9.59 Å². The smallest absolute Gasteiger partial charge is 0.407 e. The van der Waals surface area contributed by atoms with E-state index in [4.69, 9.17) is 16.3 Å². The molecule has 0 heterocycles. The third-order valence-electron chi connectivity index (χ3n) is 6.36. The first-order valence-electron chi connectivity index (χ1n) is 12.4. The molecule has 0 unspecified atom stereocenters. The van der Waals surface area contributed by atoms with Crippen LogP contribution in [-0.2, 0) is 33.7 Å². The van der Waals surface area contributed by atoms with Crippen LogP contribution < -0.4 is 10.6 Å². The van der Waals surface area contributed by atoms with E-state index in [2.05, 4.69) is 10.6 Å². The highest BCUT2D eigenvalue weighted by Gasteiger charge is 2.35. The van der Waals surface area contributed by atoms with E-state index in [0.29, 0.717) is 18.5 Å². The van der Waals surface area contributed by atoms with Crippen molar-refractivity contribution in [2.45, 2.75) is 57.7 Å². The van der Waals surface area contributed by atoms with Gasteiger partial charge in [0.15, 0.2) is 0 Å². The van der Waals surface area contributed by atoms with E-state index in [-0.39, 0.29) is 17.4 Å². The predicted molar refractivity (Wildman–Crippen MR) is 143 cm³/mol. The van der Waals surface area contributed by atoms with E-state index in [1.54, 1.807) is 20.8 Å². The van der Waals surface area contributed by atoms with Gasteiger partial charge in [0, 0.05) is 18.9 Å².